The van der Waals surface area contributed by atoms with Crippen LogP contribution < -0.4 is 4.90 Å². The smallest absolute Gasteiger partial charge is 0.227 e. The summed E-state index contributed by atoms with van der Waals surface area (Å²) in [5.41, 5.74) is 2.64. The summed E-state index contributed by atoms with van der Waals surface area (Å²) < 4.78 is 1.13. The first-order valence-electron chi connectivity index (χ1n) is 13.1. The number of hydrogen-bond acceptors (Lipinski definition) is 1. The molecule has 1 aromatic carbocycles. The molecule has 31 heavy (non-hydrogen) atoms. The summed E-state index contributed by atoms with van der Waals surface area (Å²) in [5, 5.41) is 0. The maximum atomic E-state index is 13.2. The van der Waals surface area contributed by atoms with Gasteiger partial charge in [0.25, 0.3) is 0 Å². The molecule has 0 bridgehead atoms. The van der Waals surface area contributed by atoms with Gasteiger partial charge < -0.3 is 4.90 Å². The number of carbonyl (C=O) groups is 1. The molecule has 0 N–H and O–H groups in total. The predicted molar refractivity (Wildman–Crippen MR) is 137 cm³/mol. The highest BCUT2D eigenvalue weighted by Crippen LogP contribution is 2.47. The number of anilines is 1. The topological polar surface area (TPSA) is 20.3 Å². The number of hydrogen-bond donors (Lipinski definition) is 0. The maximum Gasteiger partial charge on any atom is 0.227 e. The zero-order valence-corrected chi connectivity index (χ0v) is 21.6. The van der Waals surface area contributed by atoms with E-state index in [0.29, 0.717) is 12.3 Å². The van der Waals surface area contributed by atoms with Gasteiger partial charge in [-0.05, 0) is 42.5 Å². The molecule has 1 aliphatic heterocycles. The van der Waals surface area contributed by atoms with Crippen molar-refractivity contribution in [1.29, 1.82) is 0 Å². The summed E-state index contributed by atoms with van der Waals surface area (Å²) in [6.45, 7) is 5.54. The van der Waals surface area contributed by atoms with Crippen LogP contribution in [0.3, 0.4) is 0 Å². The molecule has 1 aromatic rings. The van der Waals surface area contributed by atoms with Crippen molar-refractivity contribution in [3.8, 4) is 0 Å². The molecule has 174 valence electrons. The molecule has 1 saturated carbocycles. The van der Waals surface area contributed by atoms with Crippen LogP contribution in [0.1, 0.15) is 122 Å². The lowest BCUT2D eigenvalue weighted by atomic mass is 9.73. The molecular weight excluding hydrogens is 446 g/mol. The molecule has 0 aromatic heterocycles. The lowest BCUT2D eigenvalue weighted by Gasteiger charge is -2.32. The molecule has 3 heteroatoms. The molecule has 2 aliphatic rings. The molecule has 0 saturated heterocycles. The van der Waals surface area contributed by atoms with E-state index in [9.17, 15) is 4.79 Å². The van der Waals surface area contributed by atoms with Gasteiger partial charge in [-0.25, -0.2) is 0 Å². The number of halogens is 1. The molecule has 1 aliphatic carbocycles. The number of nitrogens with zero attached hydrogens (tertiary/aromatic N) is 1. The summed E-state index contributed by atoms with van der Waals surface area (Å²) in [4.78, 5) is 15.3. The first kappa shape index (κ1) is 24.8. The van der Waals surface area contributed by atoms with E-state index in [0.717, 1.165) is 23.4 Å². The molecule has 3 rings (SSSR count). The van der Waals surface area contributed by atoms with Gasteiger partial charge in [-0.3, -0.25) is 4.79 Å². The van der Waals surface area contributed by atoms with Gasteiger partial charge in [-0.1, -0.05) is 113 Å². The SMILES string of the molecule is CCCCCCCCCCCC(=O)N1CC(C)(CC2CCCCC2)c2cc(Br)ccc21. The minimum Gasteiger partial charge on any atom is -0.311 e. The first-order valence-corrected chi connectivity index (χ1v) is 13.9. The van der Waals surface area contributed by atoms with E-state index in [1.165, 1.54) is 101 Å². The number of carbonyl (C=O) groups excluding carboxylic acids is 1. The van der Waals surface area contributed by atoms with Crippen molar-refractivity contribution >= 4 is 27.5 Å². The Bertz CT molecular complexity index is 696. The highest BCUT2D eigenvalue weighted by atomic mass is 79.9. The van der Waals surface area contributed by atoms with Gasteiger partial charge in [0.2, 0.25) is 5.91 Å². The van der Waals surface area contributed by atoms with E-state index in [-0.39, 0.29) is 5.41 Å². The monoisotopic (exact) mass is 489 g/mol. The third-order valence-corrected chi connectivity index (χ3v) is 8.16. The third kappa shape index (κ3) is 7.07. The van der Waals surface area contributed by atoms with Crippen molar-refractivity contribution in [1.82, 2.24) is 0 Å². The molecular formula is C28H44BrNO. The van der Waals surface area contributed by atoms with Gasteiger partial charge in [0.1, 0.15) is 0 Å². The van der Waals surface area contributed by atoms with Crippen LogP contribution in [0.5, 0.6) is 0 Å². The van der Waals surface area contributed by atoms with E-state index in [2.05, 4.69) is 52.9 Å². The third-order valence-electron chi connectivity index (χ3n) is 7.67. The number of rotatable bonds is 12. The number of unbranched alkanes of at least 4 members (excludes halogenated alkanes) is 8. The van der Waals surface area contributed by atoms with Gasteiger partial charge in [0, 0.05) is 28.5 Å². The predicted octanol–water partition coefficient (Wildman–Crippen LogP) is 8.94. The number of benzene rings is 1. The molecule has 1 heterocycles. The van der Waals surface area contributed by atoms with Crippen LogP contribution in [0.2, 0.25) is 0 Å². The van der Waals surface area contributed by atoms with E-state index in [4.69, 9.17) is 0 Å². The van der Waals surface area contributed by atoms with Gasteiger partial charge in [-0.15, -0.1) is 0 Å². The van der Waals surface area contributed by atoms with Crippen molar-refractivity contribution in [3.63, 3.8) is 0 Å². The van der Waals surface area contributed by atoms with E-state index in [1.54, 1.807) is 0 Å². The Labute approximate surface area is 199 Å². The number of fused-ring (bicyclic) bond motifs is 1. The Balaban J connectivity index is 1.51. The molecule has 1 fully saturated rings. The Kier molecular flexibility index (Phi) is 9.94. The minimum absolute atomic E-state index is 0.0925. The molecule has 0 radical (unpaired) electrons. The fourth-order valence-corrected chi connectivity index (χ4v) is 6.25. The normalized spacial score (nSPS) is 21.5. The van der Waals surface area contributed by atoms with Crippen LogP contribution in [0.4, 0.5) is 5.69 Å². The molecule has 1 atom stereocenters. The van der Waals surface area contributed by atoms with E-state index < -0.39 is 0 Å². The summed E-state index contributed by atoms with van der Waals surface area (Å²) in [7, 11) is 0. The fraction of sp³-hybridized carbons (Fsp3) is 0.750. The Morgan fingerprint density at radius 1 is 1.00 bits per heavy atom. The largest absolute Gasteiger partial charge is 0.311 e. The van der Waals surface area contributed by atoms with Crippen molar-refractivity contribution in [3.05, 3.63) is 28.2 Å². The van der Waals surface area contributed by atoms with Crippen LogP contribution in [-0.2, 0) is 10.2 Å². The highest BCUT2D eigenvalue weighted by Gasteiger charge is 2.42. The summed E-state index contributed by atoms with van der Waals surface area (Å²) in [6.07, 6.45) is 20.5. The molecule has 2 nitrogen and oxygen atoms in total. The lowest BCUT2D eigenvalue weighted by molar-refractivity contribution is -0.118. The zero-order valence-electron chi connectivity index (χ0n) is 20.1. The average Bonchev–Trinajstić information content (AvgIpc) is 3.05. The van der Waals surface area contributed by atoms with E-state index in [1.807, 2.05) is 0 Å². The van der Waals surface area contributed by atoms with Crippen LogP contribution in [0.25, 0.3) is 0 Å². The fourth-order valence-electron chi connectivity index (χ4n) is 5.89. The number of amides is 1. The van der Waals surface area contributed by atoms with Gasteiger partial charge >= 0.3 is 0 Å². The molecule has 1 amide bonds. The first-order chi connectivity index (χ1) is 15.0. The Morgan fingerprint density at radius 2 is 1.65 bits per heavy atom. The second-order valence-electron chi connectivity index (χ2n) is 10.5. The van der Waals surface area contributed by atoms with Gasteiger partial charge in [-0.2, -0.15) is 0 Å². The summed E-state index contributed by atoms with van der Waals surface area (Å²) >= 11 is 3.68. The van der Waals surface area contributed by atoms with Gasteiger partial charge in [0.05, 0.1) is 0 Å². The van der Waals surface area contributed by atoms with Crippen LogP contribution in [0.15, 0.2) is 22.7 Å². The van der Waals surface area contributed by atoms with Gasteiger partial charge in [0.15, 0.2) is 0 Å². The standard InChI is InChI=1S/C28H44BrNO/c1-3-4-5-6-7-8-9-10-14-17-27(31)30-22-28(2,21-23-15-12-11-13-16-23)25-20-24(29)18-19-26(25)30/h18-20,23H,3-17,21-22H2,1-2H3. The Hall–Kier alpha value is -0.830. The summed E-state index contributed by atoms with van der Waals surface area (Å²) in [5.74, 6) is 1.15. The van der Waals surface area contributed by atoms with Crippen molar-refractivity contribution in [2.24, 2.45) is 5.92 Å². The quantitative estimate of drug-likeness (QED) is 0.268. The molecule has 0 spiro atoms. The minimum atomic E-state index is 0.0925. The van der Waals surface area contributed by atoms with Crippen molar-refractivity contribution in [2.45, 2.75) is 122 Å². The van der Waals surface area contributed by atoms with Crippen LogP contribution in [-0.4, -0.2) is 12.5 Å². The van der Waals surface area contributed by atoms with Crippen LogP contribution >= 0.6 is 15.9 Å². The van der Waals surface area contributed by atoms with Crippen LogP contribution in [0, 0.1) is 5.92 Å². The maximum absolute atomic E-state index is 13.2. The Morgan fingerprint density at radius 3 is 2.32 bits per heavy atom. The second-order valence-corrected chi connectivity index (χ2v) is 11.4. The van der Waals surface area contributed by atoms with E-state index >= 15 is 0 Å². The molecule has 1 unspecified atom stereocenters. The average molecular weight is 491 g/mol. The van der Waals surface area contributed by atoms with Crippen molar-refractivity contribution < 1.29 is 4.79 Å². The zero-order chi connectivity index (χ0) is 22.1. The lowest BCUT2D eigenvalue weighted by Crippen LogP contribution is -2.36. The van der Waals surface area contributed by atoms with Crippen molar-refractivity contribution in [2.75, 3.05) is 11.4 Å². The highest BCUT2D eigenvalue weighted by molar-refractivity contribution is 9.10. The summed E-state index contributed by atoms with van der Waals surface area (Å²) in [6, 6.07) is 6.55. The second kappa shape index (κ2) is 12.4.